The minimum Gasteiger partial charge on any atom is -0.496 e. The number of ether oxygens (including phenoxy) is 2. The SMILES string of the molecule is COc1cc2c(cc1C1=CCOCC1)N(C(C)c1cccc(C(F)F)c1F)[C@@H](C)N=C2. The minimum atomic E-state index is -2.87. The van der Waals surface area contributed by atoms with Crippen LogP contribution in [0.3, 0.4) is 0 Å². The average Bonchev–Trinajstić information content (AvgIpc) is 2.78. The van der Waals surface area contributed by atoms with E-state index in [0.29, 0.717) is 13.2 Å². The second-order valence-corrected chi connectivity index (χ2v) is 7.71. The summed E-state index contributed by atoms with van der Waals surface area (Å²) in [6.45, 7) is 4.89. The highest BCUT2D eigenvalue weighted by molar-refractivity contribution is 5.93. The molecule has 0 aliphatic carbocycles. The Hall–Kier alpha value is -2.80. The number of halogens is 3. The lowest BCUT2D eigenvalue weighted by atomic mass is 9.95. The van der Waals surface area contributed by atoms with Gasteiger partial charge < -0.3 is 14.4 Å². The zero-order valence-corrected chi connectivity index (χ0v) is 17.7. The van der Waals surface area contributed by atoms with Gasteiger partial charge in [0.15, 0.2) is 0 Å². The lowest BCUT2D eigenvalue weighted by molar-refractivity contribution is 0.146. The molecule has 0 aromatic heterocycles. The van der Waals surface area contributed by atoms with E-state index in [4.69, 9.17) is 9.47 Å². The van der Waals surface area contributed by atoms with Gasteiger partial charge in [0, 0.05) is 28.6 Å². The van der Waals surface area contributed by atoms with Crippen molar-refractivity contribution < 1.29 is 22.6 Å². The first kappa shape index (κ1) is 21.4. The number of anilines is 1. The van der Waals surface area contributed by atoms with Gasteiger partial charge in [0.2, 0.25) is 0 Å². The first-order valence-corrected chi connectivity index (χ1v) is 10.3. The topological polar surface area (TPSA) is 34.1 Å². The molecule has 0 saturated heterocycles. The predicted octanol–water partition coefficient (Wildman–Crippen LogP) is 5.92. The van der Waals surface area contributed by atoms with E-state index < -0.39 is 23.8 Å². The van der Waals surface area contributed by atoms with Gasteiger partial charge in [0.05, 0.1) is 31.9 Å². The van der Waals surface area contributed by atoms with Crippen molar-refractivity contribution in [2.45, 2.75) is 38.9 Å². The van der Waals surface area contributed by atoms with Gasteiger partial charge in [-0.2, -0.15) is 0 Å². The molecule has 7 heteroatoms. The van der Waals surface area contributed by atoms with Gasteiger partial charge in [0.1, 0.15) is 17.7 Å². The van der Waals surface area contributed by atoms with Gasteiger partial charge in [-0.15, -0.1) is 0 Å². The minimum absolute atomic E-state index is 0.218. The summed E-state index contributed by atoms with van der Waals surface area (Å²) < 4.78 is 52.5. The molecule has 0 spiro atoms. The monoisotopic (exact) mass is 430 g/mol. The van der Waals surface area contributed by atoms with Crippen molar-refractivity contribution in [3.63, 3.8) is 0 Å². The van der Waals surface area contributed by atoms with Crippen LogP contribution in [-0.4, -0.2) is 32.7 Å². The highest BCUT2D eigenvalue weighted by Gasteiger charge is 2.30. The molecule has 2 aliphatic rings. The highest BCUT2D eigenvalue weighted by atomic mass is 19.3. The lowest BCUT2D eigenvalue weighted by Gasteiger charge is -2.39. The van der Waals surface area contributed by atoms with Crippen LogP contribution in [0.15, 0.2) is 41.4 Å². The quantitative estimate of drug-likeness (QED) is 0.590. The molecule has 2 atom stereocenters. The highest BCUT2D eigenvalue weighted by Crippen LogP contribution is 2.41. The van der Waals surface area contributed by atoms with Crippen molar-refractivity contribution in [2.24, 2.45) is 4.99 Å². The molecule has 0 saturated carbocycles. The van der Waals surface area contributed by atoms with Crippen LogP contribution in [0.1, 0.15) is 55.0 Å². The van der Waals surface area contributed by atoms with Gasteiger partial charge in [-0.25, -0.2) is 13.2 Å². The third kappa shape index (κ3) is 3.94. The fourth-order valence-corrected chi connectivity index (χ4v) is 4.31. The predicted molar refractivity (Wildman–Crippen MR) is 116 cm³/mol. The van der Waals surface area contributed by atoms with E-state index in [0.717, 1.165) is 40.6 Å². The van der Waals surface area contributed by atoms with E-state index in [2.05, 4.69) is 4.99 Å². The van der Waals surface area contributed by atoms with E-state index in [9.17, 15) is 13.2 Å². The number of rotatable bonds is 5. The van der Waals surface area contributed by atoms with Crippen molar-refractivity contribution in [3.8, 4) is 5.75 Å². The largest absolute Gasteiger partial charge is 0.496 e. The maximum atomic E-state index is 14.9. The number of fused-ring (bicyclic) bond motifs is 1. The standard InChI is InChI=1S/C24H25F3N2O2/c1-14(18-5-4-6-19(23(18)25)24(26)27)29-15(2)28-13-17-11-22(30-3)20(12-21(17)29)16-7-9-31-10-8-16/h4-7,11-15,24H,8-10H2,1-3H3/t14?,15-/m0/s1. The molecule has 1 unspecified atom stereocenters. The van der Waals surface area contributed by atoms with Crippen LogP contribution in [0.4, 0.5) is 18.9 Å². The maximum absolute atomic E-state index is 14.9. The van der Waals surface area contributed by atoms with E-state index in [1.54, 1.807) is 19.4 Å². The molecule has 4 nitrogen and oxygen atoms in total. The van der Waals surface area contributed by atoms with Gasteiger partial charge in [0.25, 0.3) is 6.43 Å². The number of hydrogen-bond donors (Lipinski definition) is 0. The van der Waals surface area contributed by atoms with Crippen LogP contribution in [0.2, 0.25) is 0 Å². The van der Waals surface area contributed by atoms with Gasteiger partial charge in [-0.3, -0.25) is 4.99 Å². The van der Waals surface area contributed by atoms with Gasteiger partial charge >= 0.3 is 0 Å². The Balaban J connectivity index is 1.82. The van der Waals surface area contributed by atoms with Crippen LogP contribution < -0.4 is 9.64 Å². The number of nitrogens with zero attached hydrogens (tertiary/aromatic N) is 2. The summed E-state index contributed by atoms with van der Waals surface area (Å²) in [6, 6.07) is 7.60. The number of benzene rings is 2. The molecule has 4 rings (SSSR count). The zero-order chi connectivity index (χ0) is 22.1. The molecule has 31 heavy (non-hydrogen) atoms. The summed E-state index contributed by atoms with van der Waals surface area (Å²) in [5.74, 6) is -0.138. The second-order valence-electron chi connectivity index (χ2n) is 7.71. The average molecular weight is 430 g/mol. The van der Waals surface area contributed by atoms with Crippen LogP contribution in [0.25, 0.3) is 5.57 Å². The maximum Gasteiger partial charge on any atom is 0.266 e. The molecule has 2 heterocycles. The summed E-state index contributed by atoms with van der Waals surface area (Å²) in [6.07, 6.45) is 1.42. The summed E-state index contributed by atoms with van der Waals surface area (Å²) in [5, 5.41) is 0. The fourth-order valence-electron chi connectivity index (χ4n) is 4.31. The molecule has 2 aromatic rings. The number of hydrogen-bond acceptors (Lipinski definition) is 4. The molecule has 0 amide bonds. The second kappa shape index (κ2) is 8.75. The first-order valence-electron chi connectivity index (χ1n) is 10.3. The first-order chi connectivity index (χ1) is 14.9. The van der Waals surface area contributed by atoms with Crippen LogP contribution in [0, 0.1) is 5.82 Å². The van der Waals surface area contributed by atoms with Crippen LogP contribution in [0.5, 0.6) is 5.75 Å². The Morgan fingerprint density at radius 2 is 2.00 bits per heavy atom. The van der Waals surface area contributed by atoms with Gasteiger partial charge in [-0.05, 0) is 38.0 Å². The van der Waals surface area contributed by atoms with Crippen LogP contribution >= 0.6 is 0 Å². The molecule has 0 fully saturated rings. The van der Waals surface area contributed by atoms with Crippen molar-refractivity contribution in [2.75, 3.05) is 25.2 Å². The Kier molecular flexibility index (Phi) is 6.05. The van der Waals surface area contributed by atoms with Crippen molar-refractivity contribution in [1.29, 1.82) is 0 Å². The summed E-state index contributed by atoms with van der Waals surface area (Å²) in [4.78, 5) is 6.51. The zero-order valence-electron chi connectivity index (χ0n) is 17.7. The summed E-state index contributed by atoms with van der Waals surface area (Å²) in [7, 11) is 1.62. The normalized spacial score (nSPS) is 19.3. The number of alkyl halides is 2. The van der Waals surface area contributed by atoms with Crippen LogP contribution in [-0.2, 0) is 4.74 Å². The fraction of sp³-hybridized carbons (Fsp3) is 0.375. The summed E-state index contributed by atoms with van der Waals surface area (Å²) >= 11 is 0. The number of methoxy groups -OCH3 is 1. The van der Waals surface area contributed by atoms with Gasteiger partial charge in [-0.1, -0.05) is 24.3 Å². The van der Waals surface area contributed by atoms with Crippen molar-refractivity contribution in [1.82, 2.24) is 0 Å². The third-order valence-electron chi connectivity index (χ3n) is 5.93. The van der Waals surface area contributed by atoms with E-state index in [1.165, 1.54) is 6.07 Å². The Morgan fingerprint density at radius 3 is 2.68 bits per heavy atom. The smallest absolute Gasteiger partial charge is 0.266 e. The summed E-state index contributed by atoms with van der Waals surface area (Å²) in [5.41, 5.74) is 3.41. The molecule has 164 valence electrons. The molecule has 0 radical (unpaired) electrons. The number of aliphatic imine (C=N–C) groups is 1. The molecule has 0 bridgehead atoms. The molecular formula is C24H25F3N2O2. The molecule has 0 N–H and O–H groups in total. The Labute approximate surface area is 180 Å². The Bertz CT molecular complexity index is 1040. The van der Waals surface area contributed by atoms with E-state index in [-0.39, 0.29) is 11.7 Å². The third-order valence-corrected chi connectivity index (χ3v) is 5.93. The van der Waals surface area contributed by atoms with Crippen molar-refractivity contribution >= 4 is 17.5 Å². The van der Waals surface area contributed by atoms with Crippen molar-refractivity contribution in [3.05, 3.63) is 64.5 Å². The van der Waals surface area contributed by atoms with E-state index >= 15 is 0 Å². The molecular weight excluding hydrogens is 405 g/mol. The molecule has 2 aromatic carbocycles. The van der Waals surface area contributed by atoms with E-state index in [1.807, 2.05) is 37.0 Å². The molecule has 2 aliphatic heterocycles. The lowest BCUT2D eigenvalue weighted by Crippen LogP contribution is -2.37. The Morgan fingerprint density at radius 1 is 1.23 bits per heavy atom.